The zero-order chi connectivity index (χ0) is 21.4. The monoisotopic (exact) mass is 424 g/mol. The third kappa shape index (κ3) is 6.15. The van der Waals surface area contributed by atoms with Crippen molar-refractivity contribution in [3.8, 4) is 0 Å². The van der Waals surface area contributed by atoms with Crippen molar-refractivity contribution < 1.29 is 13.2 Å². The SMILES string of the molecule is O=C(NCCCS(=O)(=O)Cc1ccccc1)c1cccn(Cc2ccccc2)c1=O. The molecule has 1 N–H and O–H groups in total. The van der Waals surface area contributed by atoms with Crippen molar-refractivity contribution >= 4 is 15.7 Å². The van der Waals surface area contributed by atoms with E-state index < -0.39 is 15.7 Å². The lowest BCUT2D eigenvalue weighted by molar-refractivity contribution is 0.0951. The van der Waals surface area contributed by atoms with Crippen LogP contribution < -0.4 is 10.9 Å². The van der Waals surface area contributed by atoms with Gasteiger partial charge in [-0.15, -0.1) is 0 Å². The van der Waals surface area contributed by atoms with Gasteiger partial charge in [-0.05, 0) is 29.7 Å². The predicted molar refractivity (Wildman–Crippen MR) is 117 cm³/mol. The molecule has 2 aromatic carbocycles. The number of nitrogens with one attached hydrogen (secondary N) is 1. The van der Waals surface area contributed by atoms with Crippen molar-refractivity contribution in [3.63, 3.8) is 0 Å². The highest BCUT2D eigenvalue weighted by molar-refractivity contribution is 7.90. The quantitative estimate of drug-likeness (QED) is 0.535. The summed E-state index contributed by atoms with van der Waals surface area (Å²) in [5.41, 5.74) is 1.36. The fourth-order valence-corrected chi connectivity index (χ4v) is 4.53. The van der Waals surface area contributed by atoms with Gasteiger partial charge in [-0.3, -0.25) is 9.59 Å². The summed E-state index contributed by atoms with van der Waals surface area (Å²) in [6.45, 7) is 0.554. The highest BCUT2D eigenvalue weighted by Gasteiger charge is 2.14. The molecular weight excluding hydrogens is 400 g/mol. The van der Waals surface area contributed by atoms with Gasteiger partial charge in [0.2, 0.25) is 0 Å². The number of nitrogens with zero attached hydrogens (tertiary/aromatic N) is 1. The number of amides is 1. The molecule has 0 aliphatic rings. The number of carbonyl (C=O) groups is 1. The summed E-state index contributed by atoms with van der Waals surface area (Å²) in [6, 6.07) is 21.6. The van der Waals surface area contributed by atoms with Crippen LogP contribution in [0.3, 0.4) is 0 Å². The molecule has 0 unspecified atom stereocenters. The second kappa shape index (κ2) is 10.0. The molecule has 156 valence electrons. The maximum Gasteiger partial charge on any atom is 0.263 e. The number of benzene rings is 2. The minimum Gasteiger partial charge on any atom is -0.352 e. The molecule has 6 nitrogen and oxygen atoms in total. The van der Waals surface area contributed by atoms with Gasteiger partial charge in [-0.25, -0.2) is 8.42 Å². The van der Waals surface area contributed by atoms with Crippen molar-refractivity contribution in [2.24, 2.45) is 0 Å². The number of hydrogen-bond donors (Lipinski definition) is 1. The van der Waals surface area contributed by atoms with E-state index in [2.05, 4.69) is 5.32 Å². The van der Waals surface area contributed by atoms with Crippen molar-refractivity contribution in [1.29, 1.82) is 0 Å². The van der Waals surface area contributed by atoms with Crippen LogP contribution in [0.1, 0.15) is 27.9 Å². The van der Waals surface area contributed by atoms with Crippen LogP contribution in [0.5, 0.6) is 0 Å². The minimum atomic E-state index is -3.26. The Morgan fingerprint density at radius 1 is 0.867 bits per heavy atom. The number of sulfone groups is 1. The summed E-state index contributed by atoms with van der Waals surface area (Å²) in [5.74, 6) is -0.553. The fraction of sp³-hybridized carbons (Fsp3) is 0.217. The van der Waals surface area contributed by atoms with E-state index in [0.717, 1.165) is 11.1 Å². The van der Waals surface area contributed by atoms with Crippen molar-refractivity contribution in [2.45, 2.75) is 18.7 Å². The standard InChI is InChI=1S/C23H24N2O4S/c26-22(24-14-8-16-30(28,29)18-20-11-5-2-6-12-20)21-13-7-15-25(23(21)27)17-19-9-3-1-4-10-19/h1-7,9-13,15H,8,14,16-18H2,(H,24,26). The summed E-state index contributed by atoms with van der Waals surface area (Å²) in [4.78, 5) is 25.0. The van der Waals surface area contributed by atoms with Crippen molar-refractivity contribution in [2.75, 3.05) is 12.3 Å². The lowest BCUT2D eigenvalue weighted by Gasteiger charge is -2.09. The lowest BCUT2D eigenvalue weighted by Crippen LogP contribution is -2.33. The molecule has 3 rings (SSSR count). The Bertz CT molecular complexity index is 1140. The maximum absolute atomic E-state index is 12.6. The Hall–Kier alpha value is -3.19. The molecule has 0 spiro atoms. The zero-order valence-corrected chi connectivity index (χ0v) is 17.3. The number of aromatic nitrogens is 1. The van der Waals surface area contributed by atoms with E-state index >= 15 is 0 Å². The number of hydrogen-bond acceptors (Lipinski definition) is 4. The summed E-state index contributed by atoms with van der Waals surface area (Å²) in [6.07, 6.45) is 1.92. The zero-order valence-electron chi connectivity index (χ0n) is 16.5. The van der Waals surface area contributed by atoms with Gasteiger partial charge in [-0.1, -0.05) is 60.7 Å². The summed E-state index contributed by atoms with van der Waals surface area (Å²) in [5, 5.41) is 2.65. The van der Waals surface area contributed by atoms with E-state index in [1.807, 2.05) is 36.4 Å². The van der Waals surface area contributed by atoms with Crippen LogP contribution in [-0.2, 0) is 22.1 Å². The van der Waals surface area contributed by atoms with Gasteiger partial charge in [0.1, 0.15) is 5.56 Å². The van der Waals surface area contributed by atoms with Crippen LogP contribution in [0.4, 0.5) is 0 Å². The topological polar surface area (TPSA) is 85.2 Å². The maximum atomic E-state index is 12.6. The lowest BCUT2D eigenvalue weighted by atomic mass is 10.2. The molecule has 0 radical (unpaired) electrons. The smallest absolute Gasteiger partial charge is 0.263 e. The first-order chi connectivity index (χ1) is 14.4. The number of carbonyl (C=O) groups excluding carboxylic acids is 1. The molecular formula is C23H24N2O4S. The molecule has 0 bridgehead atoms. The van der Waals surface area contributed by atoms with E-state index in [-0.39, 0.29) is 35.6 Å². The molecule has 1 amide bonds. The fourth-order valence-electron chi connectivity index (χ4n) is 3.10. The molecule has 0 saturated carbocycles. The van der Waals surface area contributed by atoms with Crippen molar-refractivity contribution in [3.05, 3.63) is 106 Å². The second-order valence-electron chi connectivity index (χ2n) is 7.03. The van der Waals surface area contributed by atoms with Crippen molar-refractivity contribution in [1.82, 2.24) is 9.88 Å². The van der Waals surface area contributed by atoms with Gasteiger partial charge in [0.25, 0.3) is 11.5 Å². The first-order valence-electron chi connectivity index (χ1n) is 9.70. The van der Waals surface area contributed by atoms with Gasteiger partial charge in [0, 0.05) is 12.7 Å². The van der Waals surface area contributed by atoms with E-state index in [1.54, 1.807) is 36.5 Å². The molecule has 0 atom stereocenters. The molecule has 0 aliphatic carbocycles. The molecule has 1 heterocycles. The Morgan fingerprint density at radius 2 is 1.50 bits per heavy atom. The Kier molecular flexibility index (Phi) is 7.19. The average Bonchev–Trinajstić information content (AvgIpc) is 2.74. The molecule has 7 heteroatoms. The third-order valence-corrected chi connectivity index (χ3v) is 6.29. The van der Waals surface area contributed by atoms with Gasteiger partial charge >= 0.3 is 0 Å². The molecule has 0 fully saturated rings. The van der Waals surface area contributed by atoms with E-state index in [4.69, 9.17) is 0 Å². The largest absolute Gasteiger partial charge is 0.352 e. The van der Waals surface area contributed by atoms with Crippen LogP contribution >= 0.6 is 0 Å². The predicted octanol–water partition coefficient (Wildman–Crippen LogP) is 2.63. The summed E-state index contributed by atoms with van der Waals surface area (Å²) in [7, 11) is -3.26. The average molecular weight is 425 g/mol. The first-order valence-corrected chi connectivity index (χ1v) is 11.5. The van der Waals surface area contributed by atoms with Gasteiger partial charge in [0.05, 0.1) is 18.1 Å². The van der Waals surface area contributed by atoms with Gasteiger partial charge in [0.15, 0.2) is 9.84 Å². The highest BCUT2D eigenvalue weighted by atomic mass is 32.2. The van der Waals surface area contributed by atoms with E-state index in [9.17, 15) is 18.0 Å². The summed E-state index contributed by atoms with van der Waals surface area (Å²) >= 11 is 0. The molecule has 0 aliphatic heterocycles. The molecule has 0 saturated heterocycles. The Balaban J connectivity index is 1.54. The van der Waals surface area contributed by atoms with E-state index in [0.29, 0.717) is 6.54 Å². The van der Waals surface area contributed by atoms with Crippen LogP contribution in [0.2, 0.25) is 0 Å². The normalized spacial score (nSPS) is 11.2. The minimum absolute atomic E-state index is 0.0231. The third-order valence-electron chi connectivity index (χ3n) is 4.61. The highest BCUT2D eigenvalue weighted by Crippen LogP contribution is 2.07. The molecule has 30 heavy (non-hydrogen) atoms. The van der Waals surface area contributed by atoms with E-state index in [1.165, 1.54) is 10.6 Å². The second-order valence-corrected chi connectivity index (χ2v) is 9.21. The van der Waals surface area contributed by atoms with Gasteiger partial charge in [-0.2, -0.15) is 0 Å². The molecule has 1 aromatic heterocycles. The summed E-state index contributed by atoms with van der Waals surface area (Å²) < 4.78 is 25.9. The Labute approximate surface area is 176 Å². The van der Waals surface area contributed by atoms with Crippen LogP contribution in [-0.4, -0.2) is 31.2 Å². The van der Waals surface area contributed by atoms with Crippen LogP contribution in [0.25, 0.3) is 0 Å². The number of pyridine rings is 1. The van der Waals surface area contributed by atoms with Crippen LogP contribution in [0.15, 0.2) is 83.8 Å². The van der Waals surface area contributed by atoms with Crippen LogP contribution in [0, 0.1) is 0 Å². The number of rotatable bonds is 9. The Morgan fingerprint density at radius 3 is 2.17 bits per heavy atom. The van der Waals surface area contributed by atoms with Gasteiger partial charge < -0.3 is 9.88 Å². The first kappa shape index (κ1) is 21.5. The molecule has 3 aromatic rings.